The lowest BCUT2D eigenvalue weighted by atomic mass is 9.86. The summed E-state index contributed by atoms with van der Waals surface area (Å²) in [5.41, 5.74) is 0.590. The Morgan fingerprint density at radius 1 is 1.22 bits per heavy atom. The first-order chi connectivity index (χ1) is 8.70. The molecule has 1 heterocycles. The van der Waals surface area contributed by atoms with Crippen LogP contribution in [0.4, 0.5) is 0 Å². The number of ether oxygens (including phenoxy) is 1. The fourth-order valence-electron chi connectivity index (χ4n) is 2.43. The summed E-state index contributed by atoms with van der Waals surface area (Å²) in [4.78, 5) is 24.1. The van der Waals surface area contributed by atoms with E-state index >= 15 is 0 Å². The van der Waals surface area contributed by atoms with Crippen molar-refractivity contribution >= 4 is 11.6 Å². The Morgan fingerprint density at radius 2 is 1.94 bits per heavy atom. The highest BCUT2D eigenvalue weighted by molar-refractivity contribution is 6.10. The van der Waals surface area contributed by atoms with Crippen molar-refractivity contribution in [3.05, 3.63) is 35.9 Å². The Kier molecular flexibility index (Phi) is 4.26. The zero-order chi connectivity index (χ0) is 13.0. The van der Waals surface area contributed by atoms with Gasteiger partial charge in [0.15, 0.2) is 5.78 Å². The summed E-state index contributed by atoms with van der Waals surface area (Å²) in [5.74, 6) is -0.863. The Balaban J connectivity index is 2.19. The summed E-state index contributed by atoms with van der Waals surface area (Å²) >= 11 is 0. The van der Waals surface area contributed by atoms with E-state index in [1.165, 1.54) is 6.92 Å². The zero-order valence-corrected chi connectivity index (χ0v) is 10.6. The molecule has 1 fully saturated rings. The fourth-order valence-corrected chi connectivity index (χ4v) is 2.43. The van der Waals surface area contributed by atoms with Crippen molar-refractivity contribution in [3.63, 3.8) is 0 Å². The first kappa shape index (κ1) is 13.0. The smallest absolute Gasteiger partial charge is 0.175 e. The maximum absolute atomic E-state index is 12.4. The summed E-state index contributed by atoms with van der Waals surface area (Å²) in [6.45, 7) is 2.12. The molecule has 1 aliphatic heterocycles. The van der Waals surface area contributed by atoms with E-state index < -0.39 is 5.92 Å². The maximum Gasteiger partial charge on any atom is 0.175 e. The van der Waals surface area contributed by atoms with Gasteiger partial charge in [-0.1, -0.05) is 30.3 Å². The number of benzene rings is 1. The van der Waals surface area contributed by atoms with Crippen LogP contribution in [0.15, 0.2) is 30.3 Å². The third kappa shape index (κ3) is 2.85. The number of rotatable bonds is 4. The van der Waals surface area contributed by atoms with E-state index in [1.807, 2.05) is 18.2 Å². The van der Waals surface area contributed by atoms with Crippen molar-refractivity contribution in [2.45, 2.75) is 32.3 Å². The molecule has 0 amide bonds. The summed E-state index contributed by atoms with van der Waals surface area (Å²) in [5, 5.41) is 0. The van der Waals surface area contributed by atoms with E-state index in [-0.39, 0.29) is 17.7 Å². The number of carbonyl (C=O) groups is 2. The van der Waals surface area contributed by atoms with E-state index in [4.69, 9.17) is 4.74 Å². The highest BCUT2D eigenvalue weighted by Crippen LogP contribution is 2.24. The Morgan fingerprint density at radius 3 is 2.50 bits per heavy atom. The summed E-state index contributed by atoms with van der Waals surface area (Å²) in [6, 6.07) is 8.98. The number of hydrogen-bond acceptors (Lipinski definition) is 3. The maximum atomic E-state index is 12.4. The lowest BCUT2D eigenvalue weighted by molar-refractivity contribution is -0.125. The van der Waals surface area contributed by atoms with Crippen LogP contribution in [0.25, 0.3) is 0 Å². The van der Waals surface area contributed by atoms with E-state index in [1.54, 1.807) is 12.1 Å². The molecule has 0 spiro atoms. The molecule has 1 saturated heterocycles. The summed E-state index contributed by atoms with van der Waals surface area (Å²) in [6.07, 6.45) is 2.59. The van der Waals surface area contributed by atoms with E-state index in [0.29, 0.717) is 12.2 Å². The molecule has 0 aliphatic carbocycles. The van der Waals surface area contributed by atoms with Gasteiger partial charge in [0.1, 0.15) is 11.7 Å². The third-order valence-electron chi connectivity index (χ3n) is 3.37. The lowest BCUT2D eigenvalue weighted by Crippen LogP contribution is -2.38. The normalized spacial score (nSPS) is 21.3. The van der Waals surface area contributed by atoms with Gasteiger partial charge in [0.05, 0.1) is 6.10 Å². The first-order valence-corrected chi connectivity index (χ1v) is 6.41. The van der Waals surface area contributed by atoms with Crippen LogP contribution in [0.2, 0.25) is 0 Å². The van der Waals surface area contributed by atoms with E-state index in [2.05, 4.69) is 0 Å². The molecule has 96 valence electrons. The van der Waals surface area contributed by atoms with Crippen LogP contribution in [-0.2, 0) is 9.53 Å². The van der Waals surface area contributed by atoms with Gasteiger partial charge in [-0.3, -0.25) is 9.59 Å². The summed E-state index contributed by atoms with van der Waals surface area (Å²) < 4.78 is 5.60. The zero-order valence-electron chi connectivity index (χ0n) is 10.6. The average Bonchev–Trinajstić information content (AvgIpc) is 2.40. The highest BCUT2D eigenvalue weighted by Gasteiger charge is 2.34. The Hall–Kier alpha value is -1.48. The molecular formula is C15H18O3. The molecule has 0 saturated carbocycles. The first-order valence-electron chi connectivity index (χ1n) is 6.41. The molecule has 2 rings (SSSR count). The van der Waals surface area contributed by atoms with Crippen molar-refractivity contribution in [1.82, 2.24) is 0 Å². The van der Waals surface area contributed by atoms with Crippen LogP contribution < -0.4 is 0 Å². The van der Waals surface area contributed by atoms with E-state index in [0.717, 1.165) is 19.3 Å². The molecule has 0 aromatic heterocycles. The topological polar surface area (TPSA) is 43.4 Å². The molecule has 2 atom stereocenters. The monoisotopic (exact) mass is 246 g/mol. The largest absolute Gasteiger partial charge is 0.377 e. The second-order valence-electron chi connectivity index (χ2n) is 4.72. The molecule has 1 aliphatic rings. The van der Waals surface area contributed by atoms with Crippen LogP contribution in [0.5, 0.6) is 0 Å². The number of ketones is 2. The average molecular weight is 246 g/mol. The van der Waals surface area contributed by atoms with Crippen molar-refractivity contribution in [2.75, 3.05) is 6.61 Å². The summed E-state index contributed by atoms with van der Waals surface area (Å²) in [7, 11) is 0. The fraction of sp³-hybridized carbons (Fsp3) is 0.467. The predicted octanol–water partition coefficient (Wildman–Crippen LogP) is 2.64. The van der Waals surface area contributed by atoms with Gasteiger partial charge in [0.25, 0.3) is 0 Å². The molecule has 18 heavy (non-hydrogen) atoms. The van der Waals surface area contributed by atoms with Crippen molar-refractivity contribution in [2.24, 2.45) is 5.92 Å². The molecule has 3 heteroatoms. The molecule has 0 N–H and O–H groups in total. The van der Waals surface area contributed by atoms with Crippen LogP contribution in [0, 0.1) is 5.92 Å². The van der Waals surface area contributed by atoms with Crippen LogP contribution in [-0.4, -0.2) is 24.3 Å². The minimum absolute atomic E-state index is 0.101. The molecule has 1 aromatic rings. The number of carbonyl (C=O) groups excluding carboxylic acids is 2. The molecule has 2 unspecified atom stereocenters. The Labute approximate surface area is 107 Å². The van der Waals surface area contributed by atoms with Crippen LogP contribution >= 0.6 is 0 Å². The van der Waals surface area contributed by atoms with E-state index in [9.17, 15) is 9.59 Å². The van der Waals surface area contributed by atoms with Crippen molar-refractivity contribution in [1.29, 1.82) is 0 Å². The SMILES string of the molecule is CC(=O)C(C(=O)c1ccccc1)C1CCCCO1. The van der Waals surface area contributed by atoms with Gasteiger partial charge in [-0.15, -0.1) is 0 Å². The standard InChI is InChI=1S/C15H18O3/c1-11(16)14(13-9-5-6-10-18-13)15(17)12-7-3-2-4-8-12/h2-4,7-8,13-14H,5-6,9-10H2,1H3. The van der Waals surface area contributed by atoms with Crippen LogP contribution in [0.1, 0.15) is 36.5 Å². The second kappa shape index (κ2) is 5.91. The van der Waals surface area contributed by atoms with Gasteiger partial charge in [0.2, 0.25) is 0 Å². The number of hydrogen-bond donors (Lipinski definition) is 0. The molecule has 0 radical (unpaired) electrons. The predicted molar refractivity (Wildman–Crippen MR) is 68.5 cm³/mol. The molecule has 3 nitrogen and oxygen atoms in total. The van der Waals surface area contributed by atoms with Gasteiger partial charge < -0.3 is 4.74 Å². The van der Waals surface area contributed by atoms with Gasteiger partial charge in [-0.2, -0.15) is 0 Å². The Bertz CT molecular complexity index is 419. The quantitative estimate of drug-likeness (QED) is 0.606. The van der Waals surface area contributed by atoms with Gasteiger partial charge in [0, 0.05) is 12.2 Å². The number of Topliss-reactive ketones (excluding diaryl/α,β-unsaturated/α-hetero) is 2. The molecule has 0 bridgehead atoms. The minimum atomic E-state index is -0.646. The van der Waals surface area contributed by atoms with Crippen molar-refractivity contribution < 1.29 is 14.3 Å². The minimum Gasteiger partial charge on any atom is -0.377 e. The lowest BCUT2D eigenvalue weighted by Gasteiger charge is -2.28. The van der Waals surface area contributed by atoms with Crippen LogP contribution in [0.3, 0.4) is 0 Å². The third-order valence-corrected chi connectivity index (χ3v) is 3.37. The van der Waals surface area contributed by atoms with Gasteiger partial charge in [-0.05, 0) is 26.2 Å². The van der Waals surface area contributed by atoms with Crippen molar-refractivity contribution in [3.8, 4) is 0 Å². The molecule has 1 aromatic carbocycles. The highest BCUT2D eigenvalue weighted by atomic mass is 16.5. The van der Waals surface area contributed by atoms with Gasteiger partial charge in [-0.25, -0.2) is 0 Å². The van der Waals surface area contributed by atoms with Gasteiger partial charge >= 0.3 is 0 Å². The second-order valence-corrected chi connectivity index (χ2v) is 4.72. The molecular weight excluding hydrogens is 228 g/mol.